The number of nitrogens with one attached hydrogen (secondary N) is 2. The highest BCUT2D eigenvalue weighted by Crippen LogP contribution is 2.27. The predicted octanol–water partition coefficient (Wildman–Crippen LogP) is 1.99. The summed E-state index contributed by atoms with van der Waals surface area (Å²) in [6.45, 7) is 2.68. The molecule has 1 aliphatic heterocycles. The molecule has 2 fully saturated rings. The van der Waals surface area contributed by atoms with Crippen molar-refractivity contribution in [2.45, 2.75) is 51.1 Å². The Hall–Kier alpha value is -2.57. The molecule has 0 aromatic heterocycles. The Balaban J connectivity index is 1.36. The van der Waals surface area contributed by atoms with Crippen LogP contribution in [0.25, 0.3) is 0 Å². The van der Waals surface area contributed by atoms with Gasteiger partial charge in [-0.05, 0) is 24.8 Å². The topological polar surface area (TPSA) is 77.0 Å². The molecule has 1 unspecified atom stereocenters. The zero-order valence-electron chi connectivity index (χ0n) is 18.3. The lowest BCUT2D eigenvalue weighted by molar-refractivity contribution is -0.134. The van der Waals surface area contributed by atoms with E-state index in [4.69, 9.17) is 0 Å². The lowest BCUT2D eigenvalue weighted by Gasteiger charge is -2.22. The monoisotopic (exact) mass is 413 g/mol. The zero-order valence-corrected chi connectivity index (χ0v) is 18.3. The first-order valence-electron chi connectivity index (χ1n) is 11.1. The van der Waals surface area contributed by atoms with Crippen molar-refractivity contribution in [1.82, 2.24) is 20.4 Å². The lowest BCUT2D eigenvalue weighted by atomic mass is 10.1. The van der Waals surface area contributed by atoms with Gasteiger partial charge >= 0.3 is 0 Å². The number of carbonyl (C=O) groups is 2. The van der Waals surface area contributed by atoms with Crippen LogP contribution < -0.4 is 10.6 Å². The molecule has 1 saturated carbocycles. The van der Waals surface area contributed by atoms with Gasteiger partial charge < -0.3 is 20.4 Å². The van der Waals surface area contributed by atoms with Crippen LogP contribution in [0.15, 0.2) is 35.3 Å². The summed E-state index contributed by atoms with van der Waals surface area (Å²) >= 11 is 0. The fraction of sp³-hybridized carbons (Fsp3) is 0.609. The van der Waals surface area contributed by atoms with E-state index in [1.54, 1.807) is 11.9 Å². The summed E-state index contributed by atoms with van der Waals surface area (Å²) in [5.41, 5.74) is 1.12. The standard InChI is InChI=1S/C23H35N5O2/c1-24-23(25-14-12-21(29)27(2)16-18-8-4-3-5-9-18)26-20-13-15-28(17-20)22(30)19-10-6-7-11-19/h3-5,8-9,19-20H,6-7,10-17H2,1-2H3,(H2,24,25,26). The van der Waals surface area contributed by atoms with E-state index in [9.17, 15) is 9.59 Å². The Labute approximate surface area is 179 Å². The van der Waals surface area contributed by atoms with Crippen molar-refractivity contribution in [2.24, 2.45) is 10.9 Å². The van der Waals surface area contributed by atoms with E-state index in [0.29, 0.717) is 31.4 Å². The maximum Gasteiger partial charge on any atom is 0.225 e. The zero-order chi connectivity index (χ0) is 21.3. The maximum absolute atomic E-state index is 12.6. The van der Waals surface area contributed by atoms with Crippen LogP contribution in [0, 0.1) is 5.92 Å². The second-order valence-corrected chi connectivity index (χ2v) is 8.38. The van der Waals surface area contributed by atoms with Crippen LogP contribution in [0.2, 0.25) is 0 Å². The summed E-state index contributed by atoms with van der Waals surface area (Å²) in [5.74, 6) is 1.34. The molecule has 1 atom stereocenters. The number of amides is 2. The van der Waals surface area contributed by atoms with Crippen LogP contribution in [0.5, 0.6) is 0 Å². The van der Waals surface area contributed by atoms with Crippen molar-refractivity contribution in [3.63, 3.8) is 0 Å². The summed E-state index contributed by atoms with van der Waals surface area (Å²) in [5, 5.41) is 6.64. The number of hydrogen-bond donors (Lipinski definition) is 2. The molecule has 1 aromatic carbocycles. The molecule has 7 heteroatoms. The molecule has 30 heavy (non-hydrogen) atoms. The fourth-order valence-corrected chi connectivity index (χ4v) is 4.32. The first-order valence-corrected chi connectivity index (χ1v) is 11.1. The van der Waals surface area contributed by atoms with Crippen LogP contribution in [-0.2, 0) is 16.1 Å². The minimum absolute atomic E-state index is 0.0935. The number of hydrogen-bond acceptors (Lipinski definition) is 3. The van der Waals surface area contributed by atoms with Crippen molar-refractivity contribution < 1.29 is 9.59 Å². The van der Waals surface area contributed by atoms with Gasteiger partial charge in [0.15, 0.2) is 5.96 Å². The summed E-state index contributed by atoms with van der Waals surface area (Å²) in [4.78, 5) is 33.0. The van der Waals surface area contributed by atoms with Crippen LogP contribution in [0.1, 0.15) is 44.1 Å². The average Bonchev–Trinajstić information content (AvgIpc) is 3.45. The number of guanidine groups is 1. The smallest absolute Gasteiger partial charge is 0.225 e. The van der Waals surface area contributed by atoms with Gasteiger partial charge in [-0.2, -0.15) is 0 Å². The second-order valence-electron chi connectivity index (χ2n) is 8.38. The summed E-state index contributed by atoms with van der Waals surface area (Å²) in [6, 6.07) is 10.2. The molecular weight excluding hydrogens is 378 g/mol. The van der Waals surface area contributed by atoms with E-state index >= 15 is 0 Å². The van der Waals surface area contributed by atoms with Crippen molar-refractivity contribution >= 4 is 17.8 Å². The van der Waals surface area contributed by atoms with E-state index in [2.05, 4.69) is 15.6 Å². The van der Waals surface area contributed by atoms with Gasteiger partial charge in [-0.1, -0.05) is 43.2 Å². The number of nitrogens with zero attached hydrogens (tertiary/aromatic N) is 3. The number of carbonyl (C=O) groups excluding carboxylic acids is 2. The molecule has 1 saturated heterocycles. The van der Waals surface area contributed by atoms with E-state index < -0.39 is 0 Å². The third kappa shape index (κ3) is 6.21. The summed E-state index contributed by atoms with van der Waals surface area (Å²) < 4.78 is 0. The molecule has 1 aromatic rings. The minimum Gasteiger partial charge on any atom is -0.356 e. The Morgan fingerprint density at radius 3 is 2.60 bits per heavy atom. The molecule has 0 bridgehead atoms. The van der Waals surface area contributed by atoms with Crippen molar-refractivity contribution in [1.29, 1.82) is 0 Å². The molecule has 3 rings (SSSR count). The third-order valence-corrected chi connectivity index (χ3v) is 6.09. The fourth-order valence-electron chi connectivity index (χ4n) is 4.32. The molecule has 7 nitrogen and oxygen atoms in total. The lowest BCUT2D eigenvalue weighted by Crippen LogP contribution is -2.46. The maximum atomic E-state index is 12.6. The third-order valence-electron chi connectivity index (χ3n) is 6.09. The SMILES string of the molecule is CN=C(NCCC(=O)N(C)Cc1ccccc1)NC1CCN(C(=O)C2CCCC2)C1. The van der Waals surface area contributed by atoms with Gasteiger partial charge in [0.2, 0.25) is 11.8 Å². The number of likely N-dealkylation sites (tertiary alicyclic amines) is 1. The molecule has 0 radical (unpaired) electrons. The number of aliphatic imine (C=N–C) groups is 1. The largest absolute Gasteiger partial charge is 0.356 e. The van der Waals surface area contributed by atoms with Gasteiger partial charge in [-0.25, -0.2) is 0 Å². The van der Waals surface area contributed by atoms with Gasteiger partial charge in [0, 0.05) is 58.7 Å². The molecular formula is C23H35N5O2. The number of benzene rings is 1. The van der Waals surface area contributed by atoms with Crippen molar-refractivity contribution in [2.75, 3.05) is 33.7 Å². The molecule has 164 valence electrons. The molecule has 1 heterocycles. The van der Waals surface area contributed by atoms with E-state index in [1.807, 2.05) is 42.3 Å². The number of rotatable bonds is 7. The Bertz CT molecular complexity index is 730. The normalized spacial score (nSPS) is 19.7. The molecule has 2 N–H and O–H groups in total. The Kier molecular flexibility index (Phi) is 8.11. The molecule has 1 aliphatic carbocycles. The first-order chi connectivity index (χ1) is 14.6. The Morgan fingerprint density at radius 1 is 1.17 bits per heavy atom. The highest BCUT2D eigenvalue weighted by molar-refractivity contribution is 5.82. The van der Waals surface area contributed by atoms with Crippen LogP contribution in [0.4, 0.5) is 0 Å². The van der Waals surface area contributed by atoms with E-state index in [1.165, 1.54) is 12.8 Å². The van der Waals surface area contributed by atoms with Gasteiger partial charge in [0.05, 0.1) is 0 Å². The predicted molar refractivity (Wildman–Crippen MR) is 119 cm³/mol. The van der Waals surface area contributed by atoms with Crippen LogP contribution >= 0.6 is 0 Å². The quantitative estimate of drug-likeness (QED) is 0.529. The first kappa shape index (κ1) is 22.1. The highest BCUT2D eigenvalue weighted by atomic mass is 16.2. The van der Waals surface area contributed by atoms with Crippen LogP contribution in [-0.4, -0.2) is 67.3 Å². The van der Waals surface area contributed by atoms with Crippen molar-refractivity contribution in [3.05, 3.63) is 35.9 Å². The summed E-state index contributed by atoms with van der Waals surface area (Å²) in [7, 11) is 3.56. The minimum atomic E-state index is 0.0935. The molecule has 0 spiro atoms. The molecule has 2 aliphatic rings. The average molecular weight is 414 g/mol. The van der Waals surface area contributed by atoms with Gasteiger partial charge in [-0.3, -0.25) is 14.6 Å². The molecule has 2 amide bonds. The van der Waals surface area contributed by atoms with Gasteiger partial charge in [0.25, 0.3) is 0 Å². The Morgan fingerprint density at radius 2 is 1.90 bits per heavy atom. The highest BCUT2D eigenvalue weighted by Gasteiger charge is 2.32. The van der Waals surface area contributed by atoms with Crippen molar-refractivity contribution in [3.8, 4) is 0 Å². The van der Waals surface area contributed by atoms with Gasteiger partial charge in [0.1, 0.15) is 0 Å². The van der Waals surface area contributed by atoms with Gasteiger partial charge in [-0.15, -0.1) is 0 Å². The second kappa shape index (κ2) is 11.0. The van der Waals surface area contributed by atoms with E-state index in [-0.39, 0.29) is 17.9 Å². The summed E-state index contributed by atoms with van der Waals surface area (Å²) in [6.07, 6.45) is 5.79. The van der Waals surface area contributed by atoms with E-state index in [0.717, 1.165) is 37.9 Å². The van der Waals surface area contributed by atoms with Crippen LogP contribution in [0.3, 0.4) is 0 Å².